The van der Waals surface area contributed by atoms with Crippen molar-refractivity contribution in [2.24, 2.45) is 5.92 Å². The number of benzene rings is 3. The van der Waals surface area contributed by atoms with Crippen molar-refractivity contribution < 1.29 is 72.7 Å². The first-order valence-electron chi connectivity index (χ1n) is 24.5. The number of hydrogen-bond donors (Lipinski definition) is 8. The van der Waals surface area contributed by atoms with E-state index in [0.717, 1.165) is 0 Å². The molecule has 6 rings (SSSR count). The van der Waals surface area contributed by atoms with Crippen molar-refractivity contribution in [1.82, 2.24) is 0 Å². The number of carbonyl (C=O) groups excluding carboxylic acids is 1. The van der Waals surface area contributed by atoms with Crippen LogP contribution in [-0.2, 0) is 28.8 Å². The lowest BCUT2D eigenvalue weighted by molar-refractivity contribution is -0.341. The largest absolute Gasteiger partial charge is 0.394 e. The van der Waals surface area contributed by atoms with Crippen molar-refractivity contribution in [3.63, 3.8) is 0 Å². The van der Waals surface area contributed by atoms with Crippen molar-refractivity contribution in [2.45, 2.75) is 91.1 Å². The Kier molecular flexibility index (Phi) is 24.4. The van der Waals surface area contributed by atoms with Crippen LogP contribution in [0.2, 0.25) is 0 Å². The molecule has 76 heavy (non-hydrogen) atoms. The second-order valence-corrected chi connectivity index (χ2v) is 21.6. The van der Waals surface area contributed by atoms with Crippen LogP contribution < -0.4 is 4.90 Å². The number of halogens is 1. The quantitative estimate of drug-likeness (QED) is 0.0345. The van der Waals surface area contributed by atoms with Crippen LogP contribution in [0.25, 0.3) is 0 Å². The maximum Gasteiger partial charge on any atom is 0.233 e. The molecular weight excluding hydrogens is 971 g/mol. The Morgan fingerprint density at radius 1 is 0.605 bits per heavy atom. The third-order valence-electron chi connectivity index (χ3n) is 14.3. The van der Waals surface area contributed by atoms with Crippen LogP contribution in [0.5, 0.6) is 0 Å². The summed E-state index contributed by atoms with van der Waals surface area (Å²) >= 11 is 0. The van der Waals surface area contributed by atoms with Gasteiger partial charge in [0.25, 0.3) is 0 Å². The van der Waals surface area contributed by atoms with Gasteiger partial charge in [0.15, 0.2) is 16.1 Å². The van der Waals surface area contributed by atoms with Crippen molar-refractivity contribution in [1.29, 1.82) is 0 Å². The summed E-state index contributed by atoms with van der Waals surface area (Å²) in [5.74, 6) is -1.99. The molecule has 39 heteroatoms. The zero-order valence-corrected chi connectivity index (χ0v) is 42.3. The summed E-state index contributed by atoms with van der Waals surface area (Å²) in [6, 6.07) is 19.7. The third-order valence-corrected chi connectivity index (χ3v) is 16.1. The van der Waals surface area contributed by atoms with Crippen LogP contribution in [0.1, 0.15) is 36.1 Å². The number of aliphatic hydroxyl groups is 8. The highest BCUT2D eigenvalue weighted by atomic mass is 32.2. The van der Waals surface area contributed by atoms with Crippen molar-refractivity contribution in [3.05, 3.63) is 95.8 Å². The van der Waals surface area contributed by atoms with Gasteiger partial charge >= 0.3 is 0 Å². The van der Waals surface area contributed by atoms with E-state index < -0.39 is 178 Å². The average Bonchev–Trinajstić information content (AvgIpc) is 3.35. The summed E-state index contributed by atoms with van der Waals surface area (Å²) in [5, 5.41) is 82.6. The van der Waals surface area contributed by atoms with Gasteiger partial charge in [0.1, 0.15) is 60.8 Å². The summed E-state index contributed by atoms with van der Waals surface area (Å²) in [6.07, 6.45) is -25.5. The van der Waals surface area contributed by atoms with Crippen LogP contribution in [-0.4, -0.2) is 292 Å². The number of carbonyl (C=O) groups is 1. The van der Waals surface area contributed by atoms with Crippen molar-refractivity contribution in [3.8, 4) is 0 Å². The molecule has 3 fully saturated rings. The first-order chi connectivity index (χ1) is 35.7. The second kappa shape index (κ2) is 28.6. The predicted octanol–water partition coefficient (Wildman–Crippen LogP) is -8.89. The molecule has 0 saturated carbocycles. The molecule has 24 radical (unpaired) electrons. The molecule has 0 bridgehead atoms. The number of anilines is 1. The van der Waals surface area contributed by atoms with Crippen LogP contribution >= 0.6 is 0 Å². The number of aliphatic hydroxyl groups excluding tert-OH is 8. The Labute approximate surface area is 465 Å². The second-order valence-electron chi connectivity index (χ2n) is 19.5. The topological polar surface area (TPSA) is 244 Å². The van der Waals surface area contributed by atoms with Gasteiger partial charge < -0.3 is 60.0 Å². The van der Waals surface area contributed by atoms with Crippen molar-refractivity contribution >= 4 is 178 Å². The van der Waals surface area contributed by atoms with E-state index in [1.165, 1.54) is 36.4 Å². The minimum Gasteiger partial charge on any atom is -0.394 e. The molecule has 0 spiro atoms. The average molecular weight is 1020 g/mol. The molecule has 0 aliphatic carbocycles. The summed E-state index contributed by atoms with van der Waals surface area (Å²) in [6.45, 7) is -1.58. The molecule has 3 heterocycles. The molecule has 4 unspecified atom stereocenters. The summed E-state index contributed by atoms with van der Waals surface area (Å²) < 4.78 is 57.2. The van der Waals surface area contributed by atoms with Crippen LogP contribution in [0.15, 0.2) is 83.8 Å². The van der Waals surface area contributed by atoms with E-state index in [0.29, 0.717) is 16.8 Å². The smallest absolute Gasteiger partial charge is 0.233 e. The first-order valence-corrected chi connectivity index (χ1v) is 26.1. The van der Waals surface area contributed by atoms with Gasteiger partial charge in [0, 0.05) is 162 Å². The fourth-order valence-electron chi connectivity index (χ4n) is 10.3. The van der Waals surface area contributed by atoms with E-state index in [2.05, 4.69) is 0 Å². The van der Waals surface area contributed by atoms with E-state index >= 15 is 0 Å². The fraction of sp³-hybridized carbons (Fsp3) is 0.486. The van der Waals surface area contributed by atoms with E-state index in [4.69, 9.17) is 107 Å². The number of para-hydroxylation sites is 1. The molecule has 8 N–H and O–H groups in total. The minimum atomic E-state index is -4.21. The molecule has 3 saturated heterocycles. The first kappa shape index (κ1) is 64.8. The molecule has 3 aromatic rings. The number of hydrogen-bond acceptors (Lipinski definition) is 14. The molecule has 3 aliphatic heterocycles. The fourth-order valence-corrected chi connectivity index (χ4v) is 11.8. The highest BCUT2D eigenvalue weighted by Crippen LogP contribution is 2.46. The van der Waals surface area contributed by atoms with Crippen LogP contribution in [0.3, 0.4) is 0 Å². The van der Waals surface area contributed by atoms with Gasteiger partial charge in [0.05, 0.1) is 41.9 Å². The van der Waals surface area contributed by atoms with E-state index in [9.17, 15) is 58.5 Å². The molecule has 360 valence electrons. The number of nitrogens with zero attached hydrogens (tertiary/aromatic N) is 1. The van der Waals surface area contributed by atoms with E-state index in [-0.39, 0.29) is 23.6 Å². The minimum absolute atomic E-state index is 0.156. The summed E-state index contributed by atoms with van der Waals surface area (Å²) in [7, 11) is 65.5. The zero-order chi connectivity index (χ0) is 56.7. The van der Waals surface area contributed by atoms with Gasteiger partial charge in [-0.25, -0.2) is 12.8 Å². The SMILES string of the molecule is O=C1[C@H](CC[C@H](O)c2ccc(F)cc2)[C@@H](c2ccc(S(=O)(=O)C[C@@H]3OC(CO)[C@@H](O[C@@H]4OC(CO)[C@@H](O)[C@H](O)C4O)[C@H](O)C3O)cc2)N1c1ccccc1.[B]B([B])B(B([B])[B])B(B(B([B])[B])B([B])[B])B(B([B])[B])B([B])[B]. The normalized spacial score (nSPS) is 26.6. The Morgan fingerprint density at radius 3 is 1.57 bits per heavy atom. The maximum absolute atomic E-state index is 13.6. The Bertz CT molecular complexity index is 2320. The van der Waals surface area contributed by atoms with Gasteiger partial charge in [-0.15, -0.1) is 0 Å². The molecule has 13 atom stereocenters. The van der Waals surface area contributed by atoms with Crippen molar-refractivity contribution in [2.75, 3.05) is 23.9 Å². The maximum atomic E-state index is 13.6. The van der Waals surface area contributed by atoms with Gasteiger partial charge in [-0.2, -0.15) is 0 Å². The number of rotatable bonds is 22. The molecule has 1 amide bonds. The lowest BCUT2D eigenvalue weighted by atomic mass is 8.36. The summed E-state index contributed by atoms with van der Waals surface area (Å²) in [5.41, 5.74) is 1.77. The standard InChI is InChI=1S/C37H44FNO14S.B22/c38-21-10-6-19(7-11-21)25(42)15-14-24-29(39(36(24)48)22-4-2-1-3-5-22)20-8-12-23(13-9-20)54(49,50)18-28-31(44)33(46)35(27(17-41)51-28)53-37-34(47)32(45)30(43)26(16-40)52-37;1-13(2)19(14(3)4)22(20(15(5)6)16(7)8)21(17(9)10)18(11)12/h1-13,24-35,37,40-47H,14-18H2;/t24-,25+,26?,27?,28+,29-,30-,31?,32+,33-,34?,35-,37+;/m1./s1. The molecule has 15 nitrogen and oxygen atoms in total. The lowest BCUT2D eigenvalue weighted by Crippen LogP contribution is -2.83. The summed E-state index contributed by atoms with van der Waals surface area (Å²) in [4.78, 5) is 14.9. The molecular formula is C37H44B22FNO14S. The highest BCUT2D eigenvalue weighted by molar-refractivity contribution is 8.22. The Balaban J connectivity index is 0.000000409. The molecule has 3 aliphatic rings. The predicted molar refractivity (Wildman–Crippen MR) is 312 cm³/mol. The Hall–Kier alpha value is -2.00. The Morgan fingerprint density at radius 2 is 1.09 bits per heavy atom. The molecule has 3 aromatic carbocycles. The van der Waals surface area contributed by atoms with Gasteiger partial charge in [-0.1, -0.05) is 42.5 Å². The molecule has 0 aromatic heterocycles. The lowest BCUT2D eigenvalue weighted by Gasteiger charge is -2.48. The number of β-lactam (4-membered cyclic amide) rings is 1. The van der Waals surface area contributed by atoms with E-state index in [1.807, 2.05) is 0 Å². The third kappa shape index (κ3) is 15.3. The number of ether oxygens (including phenoxy) is 3. The zero-order valence-electron chi connectivity index (χ0n) is 41.5. The number of amides is 1. The van der Waals surface area contributed by atoms with Crippen LogP contribution in [0.4, 0.5) is 10.1 Å². The number of sulfone groups is 1. The van der Waals surface area contributed by atoms with E-state index in [1.54, 1.807) is 47.4 Å². The van der Waals surface area contributed by atoms with Gasteiger partial charge in [-0.3, -0.25) is 4.79 Å². The highest BCUT2D eigenvalue weighted by Gasteiger charge is 2.52. The monoisotopic (exact) mass is 1020 g/mol. The van der Waals surface area contributed by atoms with Crippen LogP contribution in [0, 0.1) is 11.7 Å². The van der Waals surface area contributed by atoms with Gasteiger partial charge in [0.2, 0.25) is 5.91 Å². The van der Waals surface area contributed by atoms with Gasteiger partial charge in [-0.05, 0) is 60.4 Å².